The summed E-state index contributed by atoms with van der Waals surface area (Å²) in [4.78, 5) is 11.9. The summed E-state index contributed by atoms with van der Waals surface area (Å²) in [5.41, 5.74) is 1.19. The minimum absolute atomic E-state index is 0.0607. The molecule has 2 heteroatoms. The highest BCUT2D eigenvalue weighted by Gasteiger charge is 2.24. The van der Waals surface area contributed by atoms with Crippen LogP contribution in [-0.4, -0.2) is 17.0 Å². The fourth-order valence-electron chi connectivity index (χ4n) is 1.93. The Morgan fingerprint density at radius 1 is 1.33 bits per heavy atom. The third-order valence-electron chi connectivity index (χ3n) is 3.40. The molecule has 0 heterocycles. The molecule has 0 saturated heterocycles. The number of aliphatic hydroxyl groups excluding tert-OH is 1. The number of aryl methyl sites for hydroxylation is 1. The van der Waals surface area contributed by atoms with Crippen LogP contribution in [0.3, 0.4) is 0 Å². The van der Waals surface area contributed by atoms with E-state index in [9.17, 15) is 9.90 Å². The zero-order valence-corrected chi connectivity index (χ0v) is 11.2. The van der Waals surface area contributed by atoms with Gasteiger partial charge in [-0.1, -0.05) is 50.3 Å². The minimum atomic E-state index is -0.583. The molecule has 0 aliphatic heterocycles. The van der Waals surface area contributed by atoms with Crippen molar-refractivity contribution in [3.05, 3.63) is 48.6 Å². The van der Waals surface area contributed by atoms with Gasteiger partial charge in [0.15, 0.2) is 0 Å². The van der Waals surface area contributed by atoms with Crippen molar-refractivity contribution in [3.8, 4) is 0 Å². The average Bonchev–Trinajstić information content (AvgIpc) is 2.43. The molecule has 0 aliphatic rings. The normalized spacial score (nSPS) is 15.7. The quantitative estimate of drug-likeness (QED) is 0.751. The number of ketones is 1. The first kappa shape index (κ1) is 14.7. The van der Waals surface area contributed by atoms with Gasteiger partial charge in [0.25, 0.3) is 0 Å². The summed E-state index contributed by atoms with van der Waals surface area (Å²) in [7, 11) is 0. The van der Waals surface area contributed by atoms with E-state index in [2.05, 4.69) is 6.58 Å². The van der Waals surface area contributed by atoms with Gasteiger partial charge in [0, 0.05) is 11.8 Å². The molecule has 0 aromatic heterocycles. The topological polar surface area (TPSA) is 37.3 Å². The summed E-state index contributed by atoms with van der Waals surface area (Å²) >= 11 is 0. The molecule has 0 radical (unpaired) electrons. The van der Waals surface area contributed by atoms with E-state index in [1.54, 1.807) is 13.0 Å². The maximum Gasteiger partial charge on any atom is 0.144 e. The summed E-state index contributed by atoms with van der Waals surface area (Å²) in [6, 6.07) is 10.0. The Morgan fingerprint density at radius 2 is 1.94 bits per heavy atom. The van der Waals surface area contributed by atoms with E-state index < -0.39 is 6.10 Å². The second-order valence-electron chi connectivity index (χ2n) is 4.81. The molecule has 1 rings (SSSR count). The first-order valence-electron chi connectivity index (χ1n) is 6.44. The number of carbonyl (C=O) groups is 1. The van der Waals surface area contributed by atoms with Gasteiger partial charge in [0.05, 0.1) is 6.10 Å². The second kappa shape index (κ2) is 7.12. The molecule has 1 aromatic carbocycles. The van der Waals surface area contributed by atoms with Crippen molar-refractivity contribution in [1.82, 2.24) is 0 Å². The Bertz CT molecular complexity index is 383. The van der Waals surface area contributed by atoms with E-state index >= 15 is 0 Å². The molecule has 1 aromatic rings. The molecular weight excluding hydrogens is 224 g/mol. The van der Waals surface area contributed by atoms with Crippen molar-refractivity contribution in [2.75, 3.05) is 0 Å². The van der Waals surface area contributed by atoms with E-state index in [4.69, 9.17) is 0 Å². The highest BCUT2D eigenvalue weighted by atomic mass is 16.3. The van der Waals surface area contributed by atoms with Crippen LogP contribution in [0.4, 0.5) is 0 Å². The first-order valence-corrected chi connectivity index (χ1v) is 6.44. The number of hydrogen-bond acceptors (Lipinski definition) is 2. The van der Waals surface area contributed by atoms with Crippen LogP contribution in [0.15, 0.2) is 43.0 Å². The first-order chi connectivity index (χ1) is 8.56. The molecule has 0 bridgehead atoms. The molecule has 0 aliphatic carbocycles. The number of carbonyl (C=O) groups excluding carboxylic acids is 1. The van der Waals surface area contributed by atoms with Gasteiger partial charge in [-0.25, -0.2) is 0 Å². The molecule has 0 amide bonds. The van der Waals surface area contributed by atoms with Crippen molar-refractivity contribution < 1.29 is 9.90 Å². The van der Waals surface area contributed by atoms with Gasteiger partial charge in [-0.05, 0) is 18.4 Å². The van der Waals surface area contributed by atoms with Crippen LogP contribution in [0.25, 0.3) is 0 Å². The molecule has 0 saturated carbocycles. The van der Waals surface area contributed by atoms with Gasteiger partial charge < -0.3 is 5.11 Å². The predicted molar refractivity (Wildman–Crippen MR) is 74.3 cm³/mol. The van der Waals surface area contributed by atoms with Crippen LogP contribution in [-0.2, 0) is 11.2 Å². The molecule has 18 heavy (non-hydrogen) atoms. The second-order valence-corrected chi connectivity index (χ2v) is 4.81. The van der Waals surface area contributed by atoms with E-state index in [1.807, 2.05) is 37.3 Å². The molecule has 3 atom stereocenters. The maximum atomic E-state index is 11.9. The van der Waals surface area contributed by atoms with E-state index in [0.29, 0.717) is 6.42 Å². The Hall–Kier alpha value is -1.41. The largest absolute Gasteiger partial charge is 0.392 e. The fourth-order valence-corrected chi connectivity index (χ4v) is 1.93. The van der Waals surface area contributed by atoms with Gasteiger partial charge in [-0.3, -0.25) is 4.79 Å². The van der Waals surface area contributed by atoms with Crippen LogP contribution in [0, 0.1) is 11.8 Å². The maximum absolute atomic E-state index is 11.9. The monoisotopic (exact) mass is 246 g/mol. The zero-order chi connectivity index (χ0) is 13.5. The summed E-state index contributed by atoms with van der Waals surface area (Å²) in [5.74, 6) is -0.460. The van der Waals surface area contributed by atoms with Crippen molar-refractivity contribution in [2.45, 2.75) is 32.8 Å². The predicted octanol–water partition coefficient (Wildman–Crippen LogP) is 3.01. The number of allylic oxidation sites excluding steroid dienone is 1. The lowest BCUT2D eigenvalue weighted by Gasteiger charge is -2.19. The summed E-state index contributed by atoms with van der Waals surface area (Å²) in [6.45, 7) is 7.22. The number of rotatable bonds is 7. The Labute approximate surface area is 109 Å². The van der Waals surface area contributed by atoms with Crippen LogP contribution in [0.1, 0.15) is 25.8 Å². The lowest BCUT2D eigenvalue weighted by molar-refractivity contribution is -0.127. The van der Waals surface area contributed by atoms with Crippen LogP contribution in [0.5, 0.6) is 0 Å². The molecular formula is C16H22O2. The Balaban J connectivity index is 2.47. The molecule has 2 nitrogen and oxygen atoms in total. The average molecular weight is 246 g/mol. The third-order valence-corrected chi connectivity index (χ3v) is 3.40. The third kappa shape index (κ3) is 4.11. The zero-order valence-electron chi connectivity index (χ0n) is 11.2. The standard InChI is InChI=1S/C16H22O2/c1-4-12(2)16(18)13(3)15(17)11-10-14-8-6-5-7-9-14/h4-9,12-13,15,17H,1,10-11H2,2-3H3/t12-,13+,15-/m0/s1. The highest BCUT2D eigenvalue weighted by molar-refractivity contribution is 5.84. The molecule has 0 fully saturated rings. The van der Waals surface area contributed by atoms with E-state index in [1.165, 1.54) is 5.56 Å². The van der Waals surface area contributed by atoms with Crippen molar-refractivity contribution in [3.63, 3.8) is 0 Å². The Kier molecular flexibility index (Phi) is 5.79. The van der Waals surface area contributed by atoms with Gasteiger partial charge in [-0.2, -0.15) is 0 Å². The van der Waals surface area contributed by atoms with Crippen LogP contribution in [0.2, 0.25) is 0 Å². The lowest BCUT2D eigenvalue weighted by Crippen LogP contribution is -2.29. The number of benzene rings is 1. The van der Waals surface area contributed by atoms with Crippen molar-refractivity contribution in [2.24, 2.45) is 11.8 Å². The highest BCUT2D eigenvalue weighted by Crippen LogP contribution is 2.16. The van der Waals surface area contributed by atoms with Gasteiger partial charge in [0.2, 0.25) is 0 Å². The minimum Gasteiger partial charge on any atom is -0.392 e. The fraction of sp³-hybridized carbons (Fsp3) is 0.438. The van der Waals surface area contributed by atoms with Gasteiger partial charge in [-0.15, -0.1) is 6.58 Å². The van der Waals surface area contributed by atoms with E-state index in [0.717, 1.165) is 6.42 Å². The van der Waals surface area contributed by atoms with Gasteiger partial charge >= 0.3 is 0 Å². The summed E-state index contributed by atoms with van der Waals surface area (Å²) < 4.78 is 0. The van der Waals surface area contributed by atoms with Gasteiger partial charge in [0.1, 0.15) is 5.78 Å². The number of hydrogen-bond donors (Lipinski definition) is 1. The number of Topliss-reactive ketones (excluding diaryl/α,β-unsaturated/α-hetero) is 1. The lowest BCUT2D eigenvalue weighted by atomic mass is 9.88. The van der Waals surface area contributed by atoms with Crippen LogP contribution < -0.4 is 0 Å². The summed E-state index contributed by atoms with van der Waals surface area (Å²) in [5, 5.41) is 10.0. The van der Waals surface area contributed by atoms with E-state index in [-0.39, 0.29) is 17.6 Å². The SMILES string of the molecule is C=C[C@H](C)C(=O)[C@H](C)[C@@H](O)CCc1ccccc1. The molecule has 0 spiro atoms. The number of aliphatic hydroxyl groups is 1. The molecule has 98 valence electrons. The molecule has 0 unspecified atom stereocenters. The Morgan fingerprint density at radius 3 is 2.50 bits per heavy atom. The smallest absolute Gasteiger partial charge is 0.144 e. The molecule has 1 N–H and O–H groups in total. The van der Waals surface area contributed by atoms with Crippen molar-refractivity contribution in [1.29, 1.82) is 0 Å². The summed E-state index contributed by atoms with van der Waals surface area (Å²) in [6.07, 6.45) is 2.45. The van der Waals surface area contributed by atoms with Crippen LogP contribution >= 0.6 is 0 Å². The van der Waals surface area contributed by atoms with Crippen molar-refractivity contribution >= 4 is 5.78 Å².